The van der Waals surface area contributed by atoms with Crippen LogP contribution in [-0.4, -0.2) is 25.2 Å². The van der Waals surface area contributed by atoms with Crippen molar-refractivity contribution < 1.29 is 9.53 Å². The lowest BCUT2D eigenvalue weighted by Gasteiger charge is -2.19. The lowest BCUT2D eigenvalue weighted by atomic mass is 10.1. The molecule has 0 radical (unpaired) electrons. The van der Waals surface area contributed by atoms with Crippen LogP contribution in [0.1, 0.15) is 52.9 Å². The van der Waals surface area contributed by atoms with Crippen molar-refractivity contribution in [3.63, 3.8) is 0 Å². The Kier molecular flexibility index (Phi) is 11.2. The fourth-order valence-corrected chi connectivity index (χ4v) is 1.32. The molecular formula is C12H26ClNO2. The van der Waals surface area contributed by atoms with Gasteiger partial charge in [-0.3, -0.25) is 4.79 Å². The van der Waals surface area contributed by atoms with Gasteiger partial charge in [-0.25, -0.2) is 0 Å². The second-order valence-electron chi connectivity index (χ2n) is 4.85. The smallest absolute Gasteiger partial charge is 0.306 e. The maximum Gasteiger partial charge on any atom is 0.306 e. The van der Waals surface area contributed by atoms with Crippen molar-refractivity contribution in [2.45, 2.75) is 58.5 Å². The van der Waals surface area contributed by atoms with E-state index in [0.717, 1.165) is 19.4 Å². The molecule has 0 saturated carbocycles. The number of halogens is 1. The Hall–Kier alpha value is -0.280. The van der Waals surface area contributed by atoms with Gasteiger partial charge in [0, 0.05) is 6.42 Å². The van der Waals surface area contributed by atoms with Crippen molar-refractivity contribution in [1.29, 1.82) is 0 Å². The summed E-state index contributed by atoms with van der Waals surface area (Å²) in [5, 5.41) is 3.11. The van der Waals surface area contributed by atoms with Crippen LogP contribution in [0.15, 0.2) is 0 Å². The van der Waals surface area contributed by atoms with Crippen LogP contribution in [0.3, 0.4) is 0 Å². The molecule has 0 saturated heterocycles. The van der Waals surface area contributed by atoms with Crippen LogP contribution in [0.4, 0.5) is 0 Å². The van der Waals surface area contributed by atoms with E-state index in [1.54, 1.807) is 0 Å². The molecule has 98 valence electrons. The summed E-state index contributed by atoms with van der Waals surface area (Å²) >= 11 is 0. The van der Waals surface area contributed by atoms with Crippen LogP contribution in [0.2, 0.25) is 0 Å². The molecule has 0 atom stereocenters. The van der Waals surface area contributed by atoms with Gasteiger partial charge in [0.1, 0.15) is 5.60 Å². The topological polar surface area (TPSA) is 38.3 Å². The van der Waals surface area contributed by atoms with E-state index < -0.39 is 0 Å². The van der Waals surface area contributed by atoms with E-state index in [9.17, 15) is 4.79 Å². The number of ether oxygens (including phenoxy) is 1. The van der Waals surface area contributed by atoms with Crippen molar-refractivity contribution in [3.05, 3.63) is 0 Å². The third-order valence-corrected chi connectivity index (χ3v) is 1.98. The third kappa shape index (κ3) is 13.7. The van der Waals surface area contributed by atoms with Crippen LogP contribution in [-0.2, 0) is 9.53 Å². The first kappa shape index (κ1) is 18.1. The Morgan fingerprint density at radius 2 is 1.69 bits per heavy atom. The van der Waals surface area contributed by atoms with E-state index in [0.29, 0.717) is 6.42 Å². The number of unbranched alkanes of at least 4 members (excludes halogenated alkanes) is 3. The van der Waals surface area contributed by atoms with Gasteiger partial charge in [-0.15, -0.1) is 12.4 Å². The SMILES string of the molecule is CNCCCCCCC(=O)OC(C)(C)C.Cl. The molecule has 0 fully saturated rings. The van der Waals surface area contributed by atoms with Gasteiger partial charge in [-0.1, -0.05) is 12.8 Å². The molecule has 3 nitrogen and oxygen atoms in total. The molecule has 0 aromatic rings. The number of carbonyl (C=O) groups is 1. The fourth-order valence-electron chi connectivity index (χ4n) is 1.32. The summed E-state index contributed by atoms with van der Waals surface area (Å²) in [5.41, 5.74) is -0.344. The van der Waals surface area contributed by atoms with Crippen LogP contribution >= 0.6 is 12.4 Å². The molecular weight excluding hydrogens is 226 g/mol. The lowest BCUT2D eigenvalue weighted by molar-refractivity contribution is -0.154. The minimum absolute atomic E-state index is 0. The van der Waals surface area contributed by atoms with E-state index in [1.165, 1.54) is 12.8 Å². The van der Waals surface area contributed by atoms with E-state index in [-0.39, 0.29) is 24.0 Å². The van der Waals surface area contributed by atoms with E-state index in [4.69, 9.17) is 4.74 Å². The predicted molar refractivity (Wildman–Crippen MR) is 70.1 cm³/mol. The molecule has 0 spiro atoms. The van der Waals surface area contributed by atoms with Crippen molar-refractivity contribution in [1.82, 2.24) is 5.32 Å². The zero-order valence-corrected chi connectivity index (χ0v) is 11.8. The van der Waals surface area contributed by atoms with Gasteiger partial charge in [-0.2, -0.15) is 0 Å². The molecule has 0 heterocycles. The zero-order valence-electron chi connectivity index (χ0n) is 11.0. The quantitative estimate of drug-likeness (QED) is 0.559. The summed E-state index contributed by atoms with van der Waals surface area (Å²) < 4.78 is 5.21. The second-order valence-corrected chi connectivity index (χ2v) is 4.85. The third-order valence-electron chi connectivity index (χ3n) is 1.98. The van der Waals surface area contributed by atoms with Crippen molar-refractivity contribution in [2.24, 2.45) is 0 Å². The van der Waals surface area contributed by atoms with Gasteiger partial charge < -0.3 is 10.1 Å². The summed E-state index contributed by atoms with van der Waals surface area (Å²) in [7, 11) is 1.96. The van der Waals surface area contributed by atoms with Crippen LogP contribution in [0.25, 0.3) is 0 Å². The highest BCUT2D eigenvalue weighted by Crippen LogP contribution is 2.10. The van der Waals surface area contributed by atoms with Gasteiger partial charge in [0.15, 0.2) is 0 Å². The van der Waals surface area contributed by atoms with Gasteiger partial charge in [0.2, 0.25) is 0 Å². The average Bonchev–Trinajstić information content (AvgIpc) is 2.08. The molecule has 0 unspecified atom stereocenters. The van der Waals surface area contributed by atoms with Crippen molar-refractivity contribution >= 4 is 18.4 Å². The highest BCUT2D eigenvalue weighted by atomic mass is 35.5. The van der Waals surface area contributed by atoms with Crippen molar-refractivity contribution in [3.8, 4) is 0 Å². The lowest BCUT2D eigenvalue weighted by Crippen LogP contribution is -2.23. The van der Waals surface area contributed by atoms with Crippen molar-refractivity contribution in [2.75, 3.05) is 13.6 Å². The molecule has 0 bridgehead atoms. The van der Waals surface area contributed by atoms with Gasteiger partial charge in [-0.05, 0) is 47.2 Å². The van der Waals surface area contributed by atoms with E-state index in [2.05, 4.69) is 5.32 Å². The molecule has 4 heteroatoms. The number of hydrogen-bond donors (Lipinski definition) is 1. The normalized spacial score (nSPS) is 10.8. The molecule has 16 heavy (non-hydrogen) atoms. The largest absolute Gasteiger partial charge is 0.460 e. The first-order valence-electron chi connectivity index (χ1n) is 5.82. The molecule has 1 N–H and O–H groups in total. The second kappa shape index (κ2) is 9.91. The van der Waals surface area contributed by atoms with Crippen LogP contribution in [0, 0.1) is 0 Å². The Morgan fingerprint density at radius 3 is 2.19 bits per heavy atom. The van der Waals surface area contributed by atoms with E-state index >= 15 is 0 Å². The highest BCUT2D eigenvalue weighted by molar-refractivity contribution is 5.85. The first-order chi connectivity index (χ1) is 6.95. The van der Waals surface area contributed by atoms with Gasteiger partial charge in [0.05, 0.1) is 0 Å². The summed E-state index contributed by atoms with van der Waals surface area (Å²) in [4.78, 5) is 11.3. The molecule has 0 aliphatic carbocycles. The number of esters is 1. The van der Waals surface area contributed by atoms with Gasteiger partial charge >= 0.3 is 5.97 Å². The Labute approximate surface area is 106 Å². The number of hydrogen-bond acceptors (Lipinski definition) is 3. The van der Waals surface area contributed by atoms with Gasteiger partial charge in [0.25, 0.3) is 0 Å². The summed E-state index contributed by atoms with van der Waals surface area (Å²) in [6, 6.07) is 0. The minimum atomic E-state index is -0.344. The summed E-state index contributed by atoms with van der Waals surface area (Å²) in [6.07, 6.45) is 4.98. The number of rotatable bonds is 7. The molecule has 0 aliphatic rings. The molecule has 0 amide bonds. The molecule has 0 aliphatic heterocycles. The van der Waals surface area contributed by atoms with E-state index in [1.807, 2.05) is 27.8 Å². The summed E-state index contributed by atoms with van der Waals surface area (Å²) in [5.74, 6) is -0.0730. The highest BCUT2D eigenvalue weighted by Gasteiger charge is 2.15. The molecule has 0 rings (SSSR count). The molecule has 0 aromatic heterocycles. The monoisotopic (exact) mass is 251 g/mol. The Morgan fingerprint density at radius 1 is 1.12 bits per heavy atom. The Balaban J connectivity index is 0. The standard InChI is InChI=1S/C12H25NO2.ClH/c1-12(2,3)15-11(14)9-7-5-6-8-10-13-4;/h13H,5-10H2,1-4H3;1H. The summed E-state index contributed by atoms with van der Waals surface area (Å²) in [6.45, 7) is 6.76. The fraction of sp³-hybridized carbons (Fsp3) is 0.917. The first-order valence-corrected chi connectivity index (χ1v) is 5.82. The Bertz CT molecular complexity index is 178. The maximum absolute atomic E-state index is 11.3. The maximum atomic E-state index is 11.3. The minimum Gasteiger partial charge on any atom is -0.460 e. The van der Waals surface area contributed by atoms with Crippen LogP contribution < -0.4 is 5.32 Å². The predicted octanol–water partition coefficient (Wildman–Crippen LogP) is 2.92. The number of nitrogens with one attached hydrogen (secondary N) is 1. The molecule has 0 aromatic carbocycles. The zero-order chi connectivity index (χ0) is 11.7. The van der Waals surface area contributed by atoms with Crippen LogP contribution in [0.5, 0.6) is 0 Å². The average molecular weight is 252 g/mol. The number of carbonyl (C=O) groups excluding carboxylic acids is 1.